The third kappa shape index (κ3) is 3.07. The molecule has 0 aliphatic heterocycles. The summed E-state index contributed by atoms with van der Waals surface area (Å²) in [5, 5.41) is 14.5. The number of fused-ring (bicyclic) bond motifs is 2. The zero-order valence-corrected chi connectivity index (χ0v) is 15.8. The van der Waals surface area contributed by atoms with Gasteiger partial charge in [-0.05, 0) is 25.1 Å². The van der Waals surface area contributed by atoms with Gasteiger partial charge in [0.2, 0.25) is 0 Å². The van der Waals surface area contributed by atoms with E-state index in [1.165, 1.54) is 0 Å². The zero-order valence-electron chi connectivity index (χ0n) is 15.8. The summed E-state index contributed by atoms with van der Waals surface area (Å²) >= 11 is 0. The van der Waals surface area contributed by atoms with Gasteiger partial charge < -0.3 is 5.32 Å². The number of aromatic nitrogens is 4. The van der Waals surface area contributed by atoms with Crippen molar-refractivity contribution >= 4 is 33.3 Å². The fraction of sp³-hybridized carbons (Fsp3) is 0.0417. The van der Waals surface area contributed by atoms with E-state index >= 15 is 0 Å². The van der Waals surface area contributed by atoms with Crippen molar-refractivity contribution in [3.63, 3.8) is 0 Å². The Bertz CT molecular complexity index is 1390. The Kier molecular flexibility index (Phi) is 4.15. The van der Waals surface area contributed by atoms with Crippen molar-refractivity contribution in [2.45, 2.75) is 6.92 Å². The summed E-state index contributed by atoms with van der Waals surface area (Å²) < 4.78 is 1.82. The number of benzene rings is 3. The van der Waals surface area contributed by atoms with Crippen LogP contribution in [0.3, 0.4) is 0 Å². The molecule has 5 heteroatoms. The Morgan fingerprint density at radius 2 is 1.66 bits per heavy atom. The summed E-state index contributed by atoms with van der Waals surface area (Å²) in [6.45, 7) is 1.81. The second-order valence-corrected chi connectivity index (χ2v) is 6.61. The molecule has 0 saturated carbocycles. The van der Waals surface area contributed by atoms with Gasteiger partial charge in [-0.1, -0.05) is 60.5 Å². The van der Waals surface area contributed by atoms with Gasteiger partial charge in [0.1, 0.15) is 12.0 Å². The molecule has 0 unspecified atom stereocenters. The molecular formula is C24H17N5. The molecule has 0 amide bonds. The molecule has 0 spiro atoms. The monoisotopic (exact) mass is 375 g/mol. The second-order valence-electron chi connectivity index (χ2n) is 6.61. The van der Waals surface area contributed by atoms with E-state index in [4.69, 9.17) is 0 Å². The summed E-state index contributed by atoms with van der Waals surface area (Å²) in [5.74, 6) is 3.61. The Morgan fingerprint density at radius 3 is 2.48 bits per heavy atom. The molecule has 0 aliphatic rings. The van der Waals surface area contributed by atoms with Crippen molar-refractivity contribution in [1.82, 2.24) is 19.7 Å². The van der Waals surface area contributed by atoms with Crippen molar-refractivity contribution < 1.29 is 0 Å². The van der Waals surface area contributed by atoms with Crippen LogP contribution in [0.1, 0.15) is 6.92 Å². The number of nitrogens with one attached hydrogen (secondary N) is 1. The molecule has 2 heterocycles. The molecule has 2 aromatic heterocycles. The molecule has 0 radical (unpaired) electrons. The lowest BCUT2D eigenvalue weighted by molar-refractivity contribution is 1.06. The highest BCUT2D eigenvalue weighted by Gasteiger charge is 2.11. The average molecular weight is 375 g/mol. The number of nitrogens with zero attached hydrogens (tertiary/aromatic N) is 4. The topological polar surface area (TPSA) is 55.6 Å². The van der Waals surface area contributed by atoms with Crippen LogP contribution in [0.5, 0.6) is 0 Å². The van der Waals surface area contributed by atoms with E-state index < -0.39 is 0 Å². The summed E-state index contributed by atoms with van der Waals surface area (Å²) in [4.78, 5) is 4.44. The van der Waals surface area contributed by atoms with Gasteiger partial charge >= 0.3 is 0 Å². The summed E-state index contributed by atoms with van der Waals surface area (Å²) in [7, 11) is 0. The second kappa shape index (κ2) is 7.10. The van der Waals surface area contributed by atoms with Crippen LogP contribution in [0.2, 0.25) is 0 Å². The Hall–Kier alpha value is -4.17. The number of hydrogen-bond acceptors (Lipinski definition) is 4. The molecule has 3 aromatic carbocycles. The molecule has 5 rings (SSSR count). The van der Waals surface area contributed by atoms with Crippen molar-refractivity contribution in [3.8, 4) is 23.2 Å². The molecule has 5 aromatic rings. The maximum absolute atomic E-state index is 4.51. The zero-order chi connectivity index (χ0) is 19.6. The van der Waals surface area contributed by atoms with E-state index in [9.17, 15) is 0 Å². The normalized spacial score (nSPS) is 10.7. The summed E-state index contributed by atoms with van der Waals surface area (Å²) in [5.41, 5.74) is 4.67. The Morgan fingerprint density at radius 1 is 0.862 bits per heavy atom. The van der Waals surface area contributed by atoms with Gasteiger partial charge in [0, 0.05) is 28.1 Å². The molecule has 0 fully saturated rings. The van der Waals surface area contributed by atoms with Crippen molar-refractivity contribution in [3.05, 3.63) is 79.1 Å². The highest BCUT2D eigenvalue weighted by atomic mass is 15.2. The molecule has 5 nitrogen and oxygen atoms in total. The van der Waals surface area contributed by atoms with E-state index in [-0.39, 0.29) is 0 Å². The van der Waals surface area contributed by atoms with E-state index in [1.807, 2.05) is 72.2 Å². The molecule has 29 heavy (non-hydrogen) atoms. The lowest BCUT2D eigenvalue weighted by Crippen LogP contribution is -1.99. The van der Waals surface area contributed by atoms with Gasteiger partial charge in [-0.15, -0.1) is 10.2 Å². The smallest absolute Gasteiger partial charge is 0.161 e. The number of anilines is 2. The fourth-order valence-corrected chi connectivity index (χ4v) is 3.44. The van der Waals surface area contributed by atoms with Gasteiger partial charge in [-0.2, -0.15) is 0 Å². The van der Waals surface area contributed by atoms with Gasteiger partial charge in [-0.3, -0.25) is 4.57 Å². The Labute approximate surface area is 168 Å². The summed E-state index contributed by atoms with van der Waals surface area (Å²) in [6.07, 6.45) is 1.73. The first-order chi connectivity index (χ1) is 14.3. The molecule has 0 aliphatic carbocycles. The minimum Gasteiger partial charge on any atom is -0.338 e. The van der Waals surface area contributed by atoms with Crippen LogP contribution in [0, 0.1) is 12.0 Å². The van der Waals surface area contributed by atoms with E-state index in [1.54, 1.807) is 6.33 Å². The van der Waals surface area contributed by atoms with E-state index in [0.29, 0.717) is 5.82 Å². The minimum atomic E-state index is 0.715. The van der Waals surface area contributed by atoms with Crippen LogP contribution in [-0.4, -0.2) is 19.7 Å². The average Bonchev–Trinajstić information content (AvgIpc) is 3.17. The third-order valence-corrected chi connectivity index (χ3v) is 4.78. The predicted molar refractivity (Wildman–Crippen MR) is 117 cm³/mol. The first-order valence-corrected chi connectivity index (χ1v) is 9.31. The molecule has 138 valence electrons. The predicted octanol–water partition coefficient (Wildman–Crippen LogP) is 5.22. The molecule has 0 bridgehead atoms. The van der Waals surface area contributed by atoms with Crippen LogP contribution < -0.4 is 5.32 Å². The van der Waals surface area contributed by atoms with Crippen molar-refractivity contribution in [1.29, 1.82) is 0 Å². The standard InChI is InChI=1S/C24H17N5/c1-2-14-29-16-25-21-15-18(12-13-22(21)29)26-24-20-11-7-6-10-19(20)23(27-28-24)17-8-4-3-5-9-17/h3-13,15-16H,1H3,(H,26,28). The molecule has 0 atom stereocenters. The first kappa shape index (κ1) is 17.0. The third-order valence-electron chi connectivity index (χ3n) is 4.78. The molecule has 0 saturated heterocycles. The van der Waals surface area contributed by atoms with Crippen molar-refractivity contribution in [2.75, 3.05) is 5.32 Å². The van der Waals surface area contributed by atoms with Crippen LogP contribution >= 0.6 is 0 Å². The highest BCUT2D eigenvalue weighted by Crippen LogP contribution is 2.31. The number of rotatable bonds is 3. The largest absolute Gasteiger partial charge is 0.338 e. The van der Waals surface area contributed by atoms with E-state index in [2.05, 4.69) is 44.6 Å². The van der Waals surface area contributed by atoms with Gasteiger partial charge in [0.25, 0.3) is 0 Å². The molecular weight excluding hydrogens is 358 g/mol. The number of imidazole rings is 1. The lowest BCUT2D eigenvalue weighted by Gasteiger charge is -2.11. The van der Waals surface area contributed by atoms with Crippen LogP contribution in [0.15, 0.2) is 79.1 Å². The quantitative estimate of drug-likeness (QED) is 0.439. The number of hydrogen-bond donors (Lipinski definition) is 1. The summed E-state index contributed by atoms with van der Waals surface area (Å²) in [6, 6.07) is 27.3. The molecule has 1 N–H and O–H groups in total. The first-order valence-electron chi connectivity index (χ1n) is 9.31. The highest BCUT2D eigenvalue weighted by molar-refractivity contribution is 6.01. The Balaban J connectivity index is 1.57. The maximum atomic E-state index is 4.51. The lowest BCUT2D eigenvalue weighted by atomic mass is 10.0. The van der Waals surface area contributed by atoms with Gasteiger partial charge in [0.05, 0.1) is 11.0 Å². The minimum absolute atomic E-state index is 0.715. The van der Waals surface area contributed by atoms with E-state index in [0.717, 1.165) is 38.8 Å². The van der Waals surface area contributed by atoms with Crippen molar-refractivity contribution in [2.24, 2.45) is 0 Å². The van der Waals surface area contributed by atoms with Gasteiger partial charge in [0.15, 0.2) is 5.82 Å². The maximum Gasteiger partial charge on any atom is 0.161 e. The van der Waals surface area contributed by atoms with Crippen LogP contribution in [0.4, 0.5) is 11.5 Å². The SMILES string of the molecule is CC#Cn1cnc2cc(Nc3nnc(-c4ccccc4)c4ccccc34)ccc21. The fourth-order valence-electron chi connectivity index (χ4n) is 3.44. The van der Waals surface area contributed by atoms with Gasteiger partial charge in [-0.25, -0.2) is 4.98 Å². The van der Waals surface area contributed by atoms with Crippen LogP contribution in [-0.2, 0) is 0 Å². The van der Waals surface area contributed by atoms with Crippen LogP contribution in [0.25, 0.3) is 33.1 Å².